The minimum absolute atomic E-state index is 0.0487. The molecule has 7 nitrogen and oxygen atoms in total. The molecule has 2 aliphatic heterocycles. The Bertz CT molecular complexity index is 494. The molecule has 4 amide bonds. The van der Waals surface area contributed by atoms with Crippen molar-refractivity contribution in [3.63, 3.8) is 0 Å². The van der Waals surface area contributed by atoms with Crippen molar-refractivity contribution < 1.29 is 19.1 Å². The van der Waals surface area contributed by atoms with E-state index >= 15 is 0 Å². The summed E-state index contributed by atoms with van der Waals surface area (Å²) in [7, 11) is 0. The van der Waals surface area contributed by atoms with Crippen molar-refractivity contribution in [1.29, 1.82) is 0 Å². The van der Waals surface area contributed by atoms with Crippen LogP contribution < -0.4 is 5.32 Å². The summed E-state index contributed by atoms with van der Waals surface area (Å²) in [5.41, 5.74) is 0.398. The average molecular weight is 293 g/mol. The molecule has 0 bridgehead atoms. The topological polar surface area (TPSA) is 88.1 Å². The van der Waals surface area contributed by atoms with Crippen LogP contribution in [0.4, 0.5) is 4.79 Å². The highest BCUT2D eigenvalue weighted by molar-refractivity contribution is 6.27. The second-order valence-electron chi connectivity index (χ2n) is 5.08. The molecule has 0 aliphatic carbocycles. The Hall–Kier alpha value is -2.02. The lowest BCUT2D eigenvalue weighted by atomic mass is 9.99. The maximum atomic E-state index is 12.3. The van der Waals surface area contributed by atoms with Gasteiger partial charge in [-0.1, -0.05) is 6.08 Å². The summed E-state index contributed by atoms with van der Waals surface area (Å²) >= 11 is 0. The summed E-state index contributed by atoms with van der Waals surface area (Å²) < 4.78 is 5.45. The van der Waals surface area contributed by atoms with Gasteiger partial charge in [0.05, 0.1) is 12.6 Å². The number of ether oxygens (including phenoxy) is 1. The van der Waals surface area contributed by atoms with E-state index in [9.17, 15) is 14.4 Å². The maximum Gasteiger partial charge on any atom is 0.331 e. The third kappa shape index (κ3) is 3.36. The largest absolute Gasteiger partial charge is 0.376 e. The number of amides is 4. The lowest BCUT2D eigenvalue weighted by Crippen LogP contribution is -2.59. The fourth-order valence-electron chi connectivity index (χ4n) is 2.41. The van der Waals surface area contributed by atoms with Crippen LogP contribution in [0.3, 0.4) is 0 Å². The van der Waals surface area contributed by atoms with E-state index in [1.54, 1.807) is 6.92 Å². The van der Waals surface area contributed by atoms with E-state index in [0.717, 1.165) is 24.3 Å². The molecule has 0 aromatic carbocycles. The van der Waals surface area contributed by atoms with Crippen LogP contribution in [0.5, 0.6) is 0 Å². The zero-order valence-corrected chi connectivity index (χ0v) is 12.0. The van der Waals surface area contributed by atoms with Crippen LogP contribution in [0.25, 0.3) is 0 Å². The molecule has 0 saturated carbocycles. The predicted molar refractivity (Wildman–Crippen MR) is 75.9 cm³/mol. The molecule has 0 aromatic heterocycles. The van der Waals surface area contributed by atoms with Gasteiger partial charge in [0.15, 0.2) is 5.92 Å². The number of urea groups is 1. The van der Waals surface area contributed by atoms with E-state index in [-0.39, 0.29) is 12.6 Å². The highest BCUT2D eigenvalue weighted by Gasteiger charge is 2.41. The Labute approximate surface area is 123 Å². The molecule has 1 unspecified atom stereocenters. The van der Waals surface area contributed by atoms with Gasteiger partial charge < -0.3 is 4.74 Å². The third-order valence-corrected chi connectivity index (χ3v) is 3.55. The molecular weight excluding hydrogens is 274 g/mol. The molecule has 21 heavy (non-hydrogen) atoms. The van der Waals surface area contributed by atoms with Crippen molar-refractivity contribution in [3.8, 4) is 0 Å². The molecule has 0 radical (unpaired) electrons. The average Bonchev–Trinajstić information content (AvgIpc) is 2.94. The minimum Gasteiger partial charge on any atom is -0.376 e. The fourth-order valence-corrected chi connectivity index (χ4v) is 2.41. The molecule has 2 aliphatic rings. The highest BCUT2D eigenvalue weighted by Crippen LogP contribution is 2.15. The summed E-state index contributed by atoms with van der Waals surface area (Å²) in [5.74, 6) is -2.24. The number of barbiturate groups is 1. The van der Waals surface area contributed by atoms with Gasteiger partial charge in [-0.2, -0.15) is 0 Å². The van der Waals surface area contributed by atoms with Crippen LogP contribution in [0.1, 0.15) is 19.8 Å². The Morgan fingerprint density at radius 2 is 2.29 bits per heavy atom. The van der Waals surface area contributed by atoms with Gasteiger partial charge in [-0.25, -0.2) is 4.79 Å². The van der Waals surface area contributed by atoms with Crippen LogP contribution >= 0.6 is 0 Å². The summed E-state index contributed by atoms with van der Waals surface area (Å²) in [6.45, 7) is 6.34. The van der Waals surface area contributed by atoms with Crippen molar-refractivity contribution in [2.24, 2.45) is 10.9 Å². The van der Waals surface area contributed by atoms with Crippen molar-refractivity contribution >= 4 is 23.6 Å². The number of hydrogen-bond acceptors (Lipinski definition) is 5. The van der Waals surface area contributed by atoms with E-state index in [0.29, 0.717) is 12.3 Å². The normalized spacial score (nSPS) is 27.0. The number of rotatable bonds is 5. The lowest BCUT2D eigenvalue weighted by Gasteiger charge is -2.29. The number of nitrogens with one attached hydrogen (secondary N) is 1. The van der Waals surface area contributed by atoms with E-state index in [2.05, 4.69) is 16.9 Å². The molecule has 114 valence electrons. The number of imide groups is 2. The van der Waals surface area contributed by atoms with Gasteiger partial charge in [-0.15, -0.1) is 6.58 Å². The first kappa shape index (κ1) is 15.4. The van der Waals surface area contributed by atoms with Gasteiger partial charge in [0.2, 0.25) is 11.8 Å². The number of nitrogens with zero attached hydrogens (tertiary/aromatic N) is 2. The molecule has 2 heterocycles. The molecule has 0 aromatic rings. The number of hydrogen-bond donors (Lipinski definition) is 1. The standard InChI is InChI=1S/C14H19N3O4/c1-3-6-17-13(19)11(12(18)16-14(17)20)9(2)15-8-10-5-4-7-21-10/h3,10-11H,1,4-8H2,2H3,(H,16,18,20)/t10-,11?/m1/s1. The van der Waals surface area contributed by atoms with Crippen molar-refractivity contribution in [3.05, 3.63) is 12.7 Å². The van der Waals surface area contributed by atoms with E-state index in [1.807, 2.05) is 0 Å². The smallest absolute Gasteiger partial charge is 0.331 e. The van der Waals surface area contributed by atoms with Gasteiger partial charge in [0.1, 0.15) is 0 Å². The van der Waals surface area contributed by atoms with Crippen LogP contribution in [-0.4, -0.2) is 54.3 Å². The van der Waals surface area contributed by atoms with Crippen molar-refractivity contribution in [1.82, 2.24) is 10.2 Å². The van der Waals surface area contributed by atoms with Gasteiger partial charge in [-0.3, -0.25) is 24.8 Å². The van der Waals surface area contributed by atoms with Gasteiger partial charge in [0, 0.05) is 18.9 Å². The summed E-state index contributed by atoms with van der Waals surface area (Å²) in [5, 5.41) is 2.17. The number of carbonyl (C=O) groups excluding carboxylic acids is 3. The minimum atomic E-state index is -1.05. The van der Waals surface area contributed by atoms with E-state index in [4.69, 9.17) is 4.74 Å². The van der Waals surface area contributed by atoms with E-state index in [1.165, 1.54) is 6.08 Å². The van der Waals surface area contributed by atoms with Crippen molar-refractivity contribution in [2.45, 2.75) is 25.9 Å². The molecule has 7 heteroatoms. The first-order valence-electron chi connectivity index (χ1n) is 6.94. The molecule has 1 N–H and O–H groups in total. The van der Waals surface area contributed by atoms with Gasteiger partial charge >= 0.3 is 6.03 Å². The second kappa shape index (κ2) is 6.62. The molecular formula is C14H19N3O4. The highest BCUT2D eigenvalue weighted by atomic mass is 16.5. The first-order valence-corrected chi connectivity index (χ1v) is 6.94. The summed E-state index contributed by atoms with van der Waals surface area (Å²) in [6.07, 6.45) is 3.42. The Kier molecular flexibility index (Phi) is 4.85. The van der Waals surface area contributed by atoms with E-state index < -0.39 is 23.8 Å². The second-order valence-corrected chi connectivity index (χ2v) is 5.08. The van der Waals surface area contributed by atoms with Crippen LogP contribution in [0.15, 0.2) is 17.6 Å². The monoisotopic (exact) mass is 293 g/mol. The molecule has 0 spiro atoms. The Morgan fingerprint density at radius 1 is 1.52 bits per heavy atom. The van der Waals surface area contributed by atoms with Crippen LogP contribution in [0.2, 0.25) is 0 Å². The summed E-state index contributed by atoms with van der Waals surface area (Å²) in [4.78, 5) is 41.0. The van der Waals surface area contributed by atoms with Gasteiger partial charge in [-0.05, 0) is 19.8 Å². The Balaban J connectivity index is 2.09. The van der Waals surface area contributed by atoms with Crippen LogP contribution in [0, 0.1) is 5.92 Å². The predicted octanol–water partition coefficient (Wildman–Crippen LogP) is 0.507. The van der Waals surface area contributed by atoms with Crippen molar-refractivity contribution in [2.75, 3.05) is 19.7 Å². The Morgan fingerprint density at radius 3 is 2.90 bits per heavy atom. The number of aliphatic imine (C=N–C) groups is 1. The molecule has 2 rings (SSSR count). The molecule has 2 atom stereocenters. The maximum absolute atomic E-state index is 12.3. The quantitative estimate of drug-likeness (QED) is 0.454. The van der Waals surface area contributed by atoms with Gasteiger partial charge in [0.25, 0.3) is 0 Å². The molecule has 2 fully saturated rings. The SMILES string of the molecule is C=CCN1C(=O)NC(=O)C(C(C)=NC[C@H]2CCCO2)C1=O. The zero-order chi connectivity index (χ0) is 15.4. The molecule has 2 saturated heterocycles. The first-order chi connectivity index (χ1) is 10.0. The number of carbonyl (C=O) groups is 3. The zero-order valence-electron chi connectivity index (χ0n) is 12.0. The fraction of sp³-hybridized carbons (Fsp3) is 0.571. The van der Waals surface area contributed by atoms with Crippen LogP contribution in [-0.2, 0) is 14.3 Å². The third-order valence-electron chi connectivity index (χ3n) is 3.55. The summed E-state index contributed by atoms with van der Waals surface area (Å²) in [6, 6.07) is -0.715. The lowest BCUT2D eigenvalue weighted by molar-refractivity contribution is -0.139.